The summed E-state index contributed by atoms with van der Waals surface area (Å²) >= 11 is 0.919. The van der Waals surface area contributed by atoms with E-state index in [1.54, 1.807) is 30.3 Å². The zero-order valence-corrected chi connectivity index (χ0v) is 19.1. The minimum atomic E-state index is -0.325. The first kappa shape index (κ1) is 22.9. The van der Waals surface area contributed by atoms with E-state index in [9.17, 15) is 14.4 Å². The lowest BCUT2D eigenvalue weighted by atomic mass is 10.1. The molecule has 4 rings (SSSR count). The maximum absolute atomic E-state index is 12.7. The van der Waals surface area contributed by atoms with Crippen molar-refractivity contribution in [1.82, 2.24) is 9.80 Å². The molecule has 2 fully saturated rings. The quantitative estimate of drug-likeness (QED) is 0.543. The number of piperidine rings is 1. The molecule has 0 atom stereocenters. The Morgan fingerprint density at radius 1 is 0.909 bits per heavy atom. The average Bonchev–Trinajstić information content (AvgIpc) is 3.12. The van der Waals surface area contributed by atoms with Crippen LogP contribution in [-0.4, -0.2) is 59.7 Å². The maximum atomic E-state index is 12.7. The molecule has 2 aromatic rings. The molecule has 0 aliphatic carbocycles. The monoisotopic (exact) mass is 466 g/mol. The fourth-order valence-corrected chi connectivity index (χ4v) is 4.52. The molecule has 8 heteroatoms. The van der Waals surface area contributed by atoms with Gasteiger partial charge in [-0.2, -0.15) is 0 Å². The third-order valence-electron chi connectivity index (χ3n) is 5.45. The van der Waals surface area contributed by atoms with Gasteiger partial charge in [-0.15, -0.1) is 0 Å². The predicted octanol–water partition coefficient (Wildman–Crippen LogP) is 4.19. The molecule has 2 aliphatic heterocycles. The first-order valence-electron chi connectivity index (χ1n) is 11.0. The average molecular weight is 467 g/mol. The highest BCUT2D eigenvalue weighted by atomic mass is 32.2. The number of hydrogen-bond acceptors (Lipinski definition) is 6. The summed E-state index contributed by atoms with van der Waals surface area (Å²) in [6.45, 7) is 2.04. The molecule has 172 valence electrons. The van der Waals surface area contributed by atoms with E-state index in [-0.39, 0.29) is 36.8 Å². The molecule has 2 heterocycles. The molecule has 2 aromatic carbocycles. The number of thioether (sulfide) groups is 1. The van der Waals surface area contributed by atoms with Gasteiger partial charge in [0.2, 0.25) is 0 Å². The predicted molar refractivity (Wildman–Crippen MR) is 127 cm³/mol. The van der Waals surface area contributed by atoms with E-state index in [0.29, 0.717) is 16.4 Å². The highest BCUT2D eigenvalue weighted by Gasteiger charge is 2.34. The molecule has 0 unspecified atom stereocenters. The number of imide groups is 1. The number of likely N-dealkylation sites (tertiary alicyclic amines) is 1. The Bertz CT molecular complexity index is 1020. The molecule has 2 aliphatic rings. The third kappa shape index (κ3) is 6.16. The molecule has 0 aromatic heterocycles. The second kappa shape index (κ2) is 11.0. The lowest BCUT2D eigenvalue weighted by molar-refractivity contribution is -0.134. The molecular formula is C25H26N2O5S. The zero-order valence-electron chi connectivity index (χ0n) is 18.3. The van der Waals surface area contributed by atoms with Crippen molar-refractivity contribution in [3.63, 3.8) is 0 Å². The van der Waals surface area contributed by atoms with Gasteiger partial charge in [-0.3, -0.25) is 19.3 Å². The van der Waals surface area contributed by atoms with E-state index in [0.717, 1.165) is 43.3 Å². The topological polar surface area (TPSA) is 76.1 Å². The Labute approximate surface area is 197 Å². The number of carbonyl (C=O) groups is 3. The van der Waals surface area contributed by atoms with Crippen molar-refractivity contribution in [3.05, 3.63) is 65.1 Å². The molecule has 3 amide bonds. The molecule has 7 nitrogen and oxygen atoms in total. The molecule has 33 heavy (non-hydrogen) atoms. The molecule has 0 N–H and O–H groups in total. The van der Waals surface area contributed by atoms with Gasteiger partial charge in [0.25, 0.3) is 17.1 Å². The van der Waals surface area contributed by atoms with Gasteiger partial charge in [-0.25, -0.2) is 0 Å². The summed E-state index contributed by atoms with van der Waals surface area (Å²) in [6.07, 6.45) is 4.95. The van der Waals surface area contributed by atoms with Crippen LogP contribution in [0.4, 0.5) is 4.79 Å². The summed E-state index contributed by atoms with van der Waals surface area (Å²) in [6, 6.07) is 16.4. The molecule has 2 saturated heterocycles. The summed E-state index contributed by atoms with van der Waals surface area (Å²) in [5.74, 6) is 0.960. The van der Waals surface area contributed by atoms with E-state index >= 15 is 0 Å². The third-order valence-corrected chi connectivity index (χ3v) is 6.36. The van der Waals surface area contributed by atoms with Gasteiger partial charge in [-0.05, 0) is 66.9 Å². The standard InChI is InChI=1S/C25H26N2O5S/c28-23(26-13-5-2-6-14-26)18-32-21-11-9-19(10-12-21)17-22-24(29)27(25(30)33-22)15-16-31-20-7-3-1-4-8-20/h1,3-4,7-12,17H,2,5-6,13-16,18H2/b22-17-. The van der Waals surface area contributed by atoms with E-state index in [4.69, 9.17) is 9.47 Å². The Morgan fingerprint density at radius 3 is 2.33 bits per heavy atom. The first-order chi connectivity index (χ1) is 16.1. The Balaban J connectivity index is 1.28. The number of nitrogens with zero attached hydrogens (tertiary/aromatic N) is 2. The largest absolute Gasteiger partial charge is 0.492 e. The van der Waals surface area contributed by atoms with Crippen molar-refractivity contribution in [1.29, 1.82) is 0 Å². The molecule has 0 bridgehead atoms. The van der Waals surface area contributed by atoms with Gasteiger partial charge >= 0.3 is 0 Å². The van der Waals surface area contributed by atoms with Crippen LogP contribution in [0.3, 0.4) is 0 Å². The highest BCUT2D eigenvalue weighted by molar-refractivity contribution is 8.18. The van der Waals surface area contributed by atoms with Crippen LogP contribution in [0.25, 0.3) is 6.08 Å². The van der Waals surface area contributed by atoms with Crippen molar-refractivity contribution < 1.29 is 23.9 Å². The van der Waals surface area contributed by atoms with Gasteiger partial charge in [-0.1, -0.05) is 30.3 Å². The summed E-state index contributed by atoms with van der Waals surface area (Å²) in [7, 11) is 0. The molecular weight excluding hydrogens is 440 g/mol. The summed E-state index contributed by atoms with van der Waals surface area (Å²) in [5, 5.41) is -0.306. The second-order valence-corrected chi connectivity index (χ2v) is 8.79. The van der Waals surface area contributed by atoms with Gasteiger partial charge < -0.3 is 14.4 Å². The van der Waals surface area contributed by atoms with Crippen LogP contribution in [0.1, 0.15) is 24.8 Å². The van der Waals surface area contributed by atoms with Gasteiger partial charge in [0, 0.05) is 13.1 Å². The smallest absolute Gasteiger partial charge is 0.293 e. The minimum absolute atomic E-state index is 0.00342. The van der Waals surface area contributed by atoms with Gasteiger partial charge in [0.05, 0.1) is 11.4 Å². The van der Waals surface area contributed by atoms with Gasteiger partial charge in [0.15, 0.2) is 6.61 Å². The van der Waals surface area contributed by atoms with Crippen LogP contribution in [0.2, 0.25) is 0 Å². The van der Waals surface area contributed by atoms with Crippen molar-refractivity contribution in [2.75, 3.05) is 32.8 Å². The normalized spacial score (nSPS) is 17.5. The fraction of sp³-hybridized carbons (Fsp3) is 0.320. The van der Waals surface area contributed by atoms with Crippen LogP contribution >= 0.6 is 11.8 Å². The van der Waals surface area contributed by atoms with E-state index < -0.39 is 0 Å². The zero-order chi connectivity index (χ0) is 23.0. The first-order valence-corrected chi connectivity index (χ1v) is 11.9. The van der Waals surface area contributed by atoms with Crippen LogP contribution < -0.4 is 9.47 Å². The van der Waals surface area contributed by atoms with Gasteiger partial charge in [0.1, 0.15) is 18.1 Å². The van der Waals surface area contributed by atoms with Crippen LogP contribution in [0.5, 0.6) is 11.5 Å². The number of benzene rings is 2. The maximum Gasteiger partial charge on any atom is 0.293 e. The molecule has 0 radical (unpaired) electrons. The number of carbonyl (C=O) groups excluding carboxylic acids is 3. The molecule has 0 spiro atoms. The molecule has 0 saturated carbocycles. The highest BCUT2D eigenvalue weighted by Crippen LogP contribution is 2.32. The lowest BCUT2D eigenvalue weighted by Crippen LogP contribution is -2.38. The second-order valence-electron chi connectivity index (χ2n) is 7.79. The minimum Gasteiger partial charge on any atom is -0.492 e. The van der Waals surface area contributed by atoms with Crippen molar-refractivity contribution >= 4 is 34.9 Å². The lowest BCUT2D eigenvalue weighted by Gasteiger charge is -2.26. The number of amides is 3. The van der Waals surface area contributed by atoms with Crippen molar-refractivity contribution in [3.8, 4) is 11.5 Å². The SMILES string of the molecule is O=C(COc1ccc(/C=C2\SC(=O)N(CCOc3ccccc3)C2=O)cc1)N1CCCCC1. The van der Waals surface area contributed by atoms with E-state index in [1.807, 2.05) is 35.2 Å². The summed E-state index contributed by atoms with van der Waals surface area (Å²) in [4.78, 5) is 40.6. The Hall–Kier alpha value is -3.26. The number of ether oxygens (including phenoxy) is 2. The van der Waals surface area contributed by atoms with Crippen LogP contribution in [-0.2, 0) is 9.59 Å². The number of para-hydroxylation sites is 1. The Kier molecular flexibility index (Phi) is 7.67. The Morgan fingerprint density at radius 2 is 1.61 bits per heavy atom. The summed E-state index contributed by atoms with van der Waals surface area (Å²) < 4.78 is 11.2. The number of hydrogen-bond donors (Lipinski definition) is 0. The van der Waals surface area contributed by atoms with Crippen LogP contribution in [0, 0.1) is 0 Å². The summed E-state index contributed by atoms with van der Waals surface area (Å²) in [5.41, 5.74) is 0.774. The van der Waals surface area contributed by atoms with Crippen molar-refractivity contribution in [2.24, 2.45) is 0 Å². The number of rotatable bonds is 8. The van der Waals surface area contributed by atoms with E-state index in [1.165, 1.54) is 11.3 Å². The fourth-order valence-electron chi connectivity index (χ4n) is 3.66. The van der Waals surface area contributed by atoms with Crippen molar-refractivity contribution in [2.45, 2.75) is 19.3 Å². The van der Waals surface area contributed by atoms with E-state index in [2.05, 4.69) is 0 Å². The van der Waals surface area contributed by atoms with Crippen LogP contribution in [0.15, 0.2) is 59.5 Å².